The van der Waals surface area contributed by atoms with Crippen LogP contribution in [0.1, 0.15) is 47.2 Å². The Hall–Kier alpha value is -4.62. The summed E-state index contributed by atoms with van der Waals surface area (Å²) < 4.78 is 0. The topological polar surface area (TPSA) is 99.2 Å². The maximum absolute atomic E-state index is 13.4. The number of carbonyl (C=O) groups excluding carboxylic acids is 1. The summed E-state index contributed by atoms with van der Waals surface area (Å²) in [4.78, 5) is 40.6. The van der Waals surface area contributed by atoms with Gasteiger partial charge in [0.15, 0.2) is 6.10 Å². The molecule has 40 heavy (non-hydrogen) atoms. The fourth-order valence-electron chi connectivity index (χ4n) is 5.82. The molecule has 7 rings (SSSR count). The van der Waals surface area contributed by atoms with Gasteiger partial charge in [-0.05, 0) is 47.7 Å². The van der Waals surface area contributed by atoms with E-state index in [0.29, 0.717) is 29.9 Å². The first kappa shape index (κ1) is 24.4. The van der Waals surface area contributed by atoms with E-state index in [0.717, 1.165) is 46.1 Å². The number of H-pyrrole nitrogens is 1. The first-order valence-corrected chi connectivity index (χ1v) is 13.6. The Morgan fingerprint density at radius 3 is 2.58 bits per heavy atom. The number of aromatic nitrogens is 3. The van der Waals surface area contributed by atoms with Crippen LogP contribution in [0, 0.1) is 0 Å². The highest BCUT2D eigenvalue weighted by Gasteiger charge is 2.48. The van der Waals surface area contributed by atoms with Gasteiger partial charge < -0.3 is 15.0 Å². The summed E-state index contributed by atoms with van der Waals surface area (Å²) in [5, 5.41) is 12.1. The van der Waals surface area contributed by atoms with Crippen molar-refractivity contribution in [2.24, 2.45) is 0 Å². The number of carbonyl (C=O) groups is 1. The molecule has 2 aliphatic rings. The minimum atomic E-state index is -1.34. The molecule has 7 nitrogen and oxygen atoms in total. The maximum Gasteiger partial charge on any atom is 0.256 e. The average molecular weight is 529 g/mol. The number of rotatable bonds is 5. The predicted molar refractivity (Wildman–Crippen MR) is 153 cm³/mol. The number of amides is 1. The second-order valence-electron chi connectivity index (χ2n) is 10.7. The lowest BCUT2D eigenvalue weighted by molar-refractivity contribution is -0.141. The monoisotopic (exact) mass is 528 g/mol. The number of aromatic amines is 1. The molecule has 0 radical (unpaired) electrons. The van der Waals surface area contributed by atoms with Crippen molar-refractivity contribution in [2.45, 2.75) is 37.3 Å². The second-order valence-corrected chi connectivity index (χ2v) is 10.7. The third kappa shape index (κ3) is 4.19. The van der Waals surface area contributed by atoms with Gasteiger partial charge >= 0.3 is 0 Å². The molecule has 0 bridgehead atoms. The van der Waals surface area contributed by atoms with E-state index in [-0.39, 0.29) is 17.5 Å². The first-order chi connectivity index (χ1) is 19.5. The van der Waals surface area contributed by atoms with Crippen LogP contribution in [0.2, 0.25) is 0 Å². The van der Waals surface area contributed by atoms with Crippen LogP contribution in [-0.4, -0.2) is 37.4 Å². The van der Waals surface area contributed by atoms with Crippen LogP contribution in [-0.2, 0) is 23.2 Å². The van der Waals surface area contributed by atoms with Gasteiger partial charge in [-0.2, -0.15) is 0 Å². The largest absolute Gasteiger partial charge is 0.378 e. The van der Waals surface area contributed by atoms with Gasteiger partial charge in [-0.3, -0.25) is 14.6 Å². The molecule has 3 heterocycles. The van der Waals surface area contributed by atoms with Gasteiger partial charge in [-0.1, -0.05) is 66.7 Å². The molecular weight excluding hydrogens is 500 g/mol. The van der Waals surface area contributed by atoms with Gasteiger partial charge in [0.05, 0.1) is 28.7 Å². The lowest BCUT2D eigenvalue weighted by Gasteiger charge is -2.30. The first-order valence-electron chi connectivity index (χ1n) is 13.6. The minimum absolute atomic E-state index is 0.125. The fourth-order valence-corrected chi connectivity index (χ4v) is 5.82. The van der Waals surface area contributed by atoms with Crippen molar-refractivity contribution in [1.82, 2.24) is 19.9 Å². The van der Waals surface area contributed by atoms with Gasteiger partial charge in [-0.25, -0.2) is 4.98 Å². The Morgan fingerprint density at radius 2 is 1.75 bits per heavy atom. The van der Waals surface area contributed by atoms with Crippen molar-refractivity contribution in [1.29, 1.82) is 0 Å². The Balaban J connectivity index is 1.12. The van der Waals surface area contributed by atoms with Crippen molar-refractivity contribution in [2.75, 3.05) is 6.54 Å². The molecule has 1 aliphatic heterocycles. The average Bonchev–Trinajstić information content (AvgIpc) is 3.83. The highest BCUT2D eigenvalue weighted by Crippen LogP contribution is 2.52. The smallest absolute Gasteiger partial charge is 0.256 e. The molecule has 1 amide bonds. The summed E-state index contributed by atoms with van der Waals surface area (Å²) >= 11 is 0. The molecule has 2 aromatic heterocycles. The number of hydrogen-bond donors (Lipinski definition) is 2. The Labute approximate surface area is 231 Å². The van der Waals surface area contributed by atoms with Gasteiger partial charge in [0.1, 0.15) is 5.82 Å². The van der Waals surface area contributed by atoms with E-state index in [1.165, 1.54) is 0 Å². The van der Waals surface area contributed by atoms with Crippen LogP contribution < -0.4 is 5.56 Å². The molecule has 3 aromatic carbocycles. The number of pyridine rings is 1. The van der Waals surface area contributed by atoms with Crippen molar-refractivity contribution >= 4 is 16.8 Å². The van der Waals surface area contributed by atoms with Crippen molar-refractivity contribution in [3.05, 3.63) is 130 Å². The highest BCUT2D eigenvalue weighted by atomic mass is 16.3. The summed E-state index contributed by atoms with van der Waals surface area (Å²) in [5.41, 5.74) is 5.15. The van der Waals surface area contributed by atoms with Crippen LogP contribution in [0.4, 0.5) is 0 Å². The van der Waals surface area contributed by atoms with Crippen LogP contribution >= 0.6 is 0 Å². The minimum Gasteiger partial charge on any atom is -0.378 e. The number of nitrogens with one attached hydrogen (secondary N) is 1. The standard InChI is InChI=1S/C33H28N4O3/c38-29(23-9-6-8-21(17-23)24-18-22-7-4-5-12-27(22)34-19-24)31(40)37-16-13-28-26(20-37)30(39)36-32(35-28)33(14-15-33)25-10-2-1-3-11-25/h1-12,17-19,29,38H,13-16,20H2,(H,35,36,39)/t29-/m1/s1. The van der Waals surface area contributed by atoms with E-state index in [2.05, 4.69) is 22.1 Å². The maximum atomic E-state index is 13.4. The van der Waals surface area contributed by atoms with Crippen molar-refractivity contribution in [3.63, 3.8) is 0 Å². The number of hydrogen-bond acceptors (Lipinski definition) is 5. The molecule has 1 aliphatic carbocycles. The summed E-state index contributed by atoms with van der Waals surface area (Å²) in [6.45, 7) is 0.520. The number of aliphatic hydroxyl groups is 1. The van der Waals surface area contributed by atoms with Gasteiger partial charge in [0, 0.05) is 30.1 Å². The summed E-state index contributed by atoms with van der Waals surface area (Å²) in [7, 11) is 0. The van der Waals surface area contributed by atoms with Crippen LogP contribution in [0.5, 0.6) is 0 Å². The molecule has 1 atom stereocenters. The fraction of sp³-hybridized carbons (Fsp3) is 0.212. The van der Waals surface area contributed by atoms with Crippen LogP contribution in [0.3, 0.4) is 0 Å². The number of fused-ring (bicyclic) bond motifs is 2. The molecular formula is C33H28N4O3. The third-order valence-electron chi connectivity index (χ3n) is 8.27. The van der Waals surface area contributed by atoms with E-state index >= 15 is 0 Å². The molecule has 0 spiro atoms. The van der Waals surface area contributed by atoms with E-state index < -0.39 is 12.0 Å². The predicted octanol–water partition coefficient (Wildman–Crippen LogP) is 4.68. The molecule has 198 valence electrons. The number of aliphatic hydroxyl groups excluding tert-OH is 1. The molecule has 0 unspecified atom stereocenters. The van der Waals surface area contributed by atoms with E-state index in [4.69, 9.17) is 4.98 Å². The zero-order chi connectivity index (χ0) is 27.3. The van der Waals surface area contributed by atoms with Gasteiger partial charge in [-0.15, -0.1) is 0 Å². The third-order valence-corrected chi connectivity index (χ3v) is 8.27. The summed E-state index contributed by atoms with van der Waals surface area (Å²) in [5.74, 6) is 0.285. The molecule has 1 fully saturated rings. The van der Waals surface area contributed by atoms with E-state index in [1.807, 2.05) is 66.7 Å². The molecule has 7 heteroatoms. The summed E-state index contributed by atoms with van der Waals surface area (Å²) in [6.07, 6.45) is 2.83. The molecule has 5 aromatic rings. The number of benzene rings is 3. The van der Waals surface area contributed by atoms with E-state index in [9.17, 15) is 14.7 Å². The number of para-hydroxylation sites is 1. The zero-order valence-electron chi connectivity index (χ0n) is 21.9. The summed E-state index contributed by atoms with van der Waals surface area (Å²) in [6, 6.07) is 27.5. The quantitative estimate of drug-likeness (QED) is 0.345. The van der Waals surface area contributed by atoms with Crippen molar-refractivity contribution in [3.8, 4) is 11.1 Å². The van der Waals surface area contributed by atoms with Crippen LogP contribution in [0.15, 0.2) is 95.9 Å². The van der Waals surface area contributed by atoms with Gasteiger partial charge in [0.2, 0.25) is 0 Å². The van der Waals surface area contributed by atoms with E-state index in [1.54, 1.807) is 17.2 Å². The Morgan fingerprint density at radius 1 is 0.950 bits per heavy atom. The SMILES string of the molecule is O=C([C@H](O)c1cccc(-c2cnc3ccccc3c2)c1)N1CCc2nc(C3(c4ccccc4)CC3)[nH]c(=O)c2C1. The Kier molecular flexibility index (Phi) is 5.82. The lowest BCUT2D eigenvalue weighted by atomic mass is 9.94. The van der Waals surface area contributed by atoms with Crippen molar-refractivity contribution < 1.29 is 9.90 Å². The number of nitrogens with zero attached hydrogens (tertiary/aromatic N) is 3. The molecule has 0 saturated heterocycles. The molecule has 2 N–H and O–H groups in total. The zero-order valence-corrected chi connectivity index (χ0v) is 21.9. The Bertz CT molecular complexity index is 1810. The van der Waals surface area contributed by atoms with Gasteiger partial charge in [0.25, 0.3) is 11.5 Å². The highest BCUT2D eigenvalue weighted by molar-refractivity contribution is 5.85. The molecule has 1 saturated carbocycles. The normalized spacial score (nSPS) is 16.4. The second kappa shape index (κ2) is 9.54. The van der Waals surface area contributed by atoms with Crippen LogP contribution in [0.25, 0.3) is 22.0 Å². The lowest BCUT2D eigenvalue weighted by Crippen LogP contribution is -2.42.